The number of aromatic nitrogens is 2. The Balaban J connectivity index is 2.31. The third-order valence-corrected chi connectivity index (χ3v) is 1.93. The molecular weight excluding hydrogens is 242 g/mol. The normalized spacial score (nSPS) is 11.1. The number of carbonyl (C=O) groups is 1. The van der Waals surface area contributed by atoms with Gasteiger partial charge in [-0.05, 0) is 38.4 Å². The zero-order chi connectivity index (χ0) is 12.9. The van der Waals surface area contributed by atoms with Crippen LogP contribution in [-0.2, 0) is 11.2 Å². The van der Waals surface area contributed by atoms with Crippen LogP contribution in [0, 0.1) is 0 Å². The Kier molecular flexibility index (Phi) is 4.69. The van der Waals surface area contributed by atoms with Gasteiger partial charge in [0.25, 0.3) is 0 Å². The highest BCUT2D eigenvalue weighted by molar-refractivity contribution is 6.28. The zero-order valence-corrected chi connectivity index (χ0v) is 10.9. The molecule has 0 saturated heterocycles. The lowest BCUT2D eigenvalue weighted by Crippen LogP contribution is -2.41. The number of rotatable bonds is 3. The van der Waals surface area contributed by atoms with Crippen LogP contribution in [0.5, 0.6) is 0 Å². The monoisotopic (exact) mass is 257 g/mol. The largest absolute Gasteiger partial charge is 0.449 e. The lowest BCUT2D eigenvalue weighted by atomic mass is 10.1. The molecule has 1 aromatic heterocycles. The summed E-state index contributed by atoms with van der Waals surface area (Å²) in [6.07, 6.45) is 1.65. The molecule has 1 N–H and O–H groups in total. The van der Waals surface area contributed by atoms with Crippen molar-refractivity contribution >= 4 is 17.7 Å². The molecule has 0 aromatic carbocycles. The van der Waals surface area contributed by atoms with Gasteiger partial charge in [0.2, 0.25) is 5.28 Å². The quantitative estimate of drug-likeness (QED) is 0.843. The molecule has 1 heterocycles. The fraction of sp³-hybridized carbons (Fsp3) is 0.545. The fourth-order valence-electron chi connectivity index (χ4n) is 1.10. The Labute approximate surface area is 106 Å². The molecule has 0 spiro atoms. The molecule has 0 radical (unpaired) electrons. The number of ether oxygens (including phenoxy) is 1. The molecular formula is C11H16ClN3O2. The summed E-state index contributed by atoms with van der Waals surface area (Å²) >= 11 is 5.63. The molecule has 0 aliphatic carbocycles. The number of hydrogen-bond acceptors (Lipinski definition) is 4. The number of nitrogens with zero attached hydrogens (tertiary/aromatic N) is 2. The predicted molar refractivity (Wildman–Crippen MR) is 65.0 cm³/mol. The third kappa shape index (κ3) is 6.06. The minimum atomic E-state index is -0.433. The minimum absolute atomic E-state index is 0.196. The van der Waals surface area contributed by atoms with Crippen LogP contribution in [0.25, 0.3) is 0 Å². The maximum atomic E-state index is 11.3. The second-order valence-corrected chi connectivity index (χ2v) is 4.92. The van der Waals surface area contributed by atoms with Gasteiger partial charge in [0.05, 0.1) is 6.61 Å². The topological polar surface area (TPSA) is 64.1 Å². The van der Waals surface area contributed by atoms with E-state index in [1.807, 2.05) is 20.8 Å². The average molecular weight is 258 g/mol. The maximum Gasteiger partial charge on any atom is 0.407 e. The van der Waals surface area contributed by atoms with Crippen LogP contribution in [0.3, 0.4) is 0 Å². The van der Waals surface area contributed by atoms with Gasteiger partial charge >= 0.3 is 6.09 Å². The molecule has 1 aromatic rings. The Morgan fingerprint density at radius 1 is 1.53 bits per heavy atom. The summed E-state index contributed by atoms with van der Waals surface area (Å²) in [6.45, 7) is 5.92. The van der Waals surface area contributed by atoms with E-state index >= 15 is 0 Å². The van der Waals surface area contributed by atoms with E-state index in [1.54, 1.807) is 12.3 Å². The first-order valence-corrected chi connectivity index (χ1v) is 5.67. The Bertz CT molecular complexity index is 391. The van der Waals surface area contributed by atoms with Crippen molar-refractivity contribution in [1.29, 1.82) is 0 Å². The average Bonchev–Trinajstić information content (AvgIpc) is 2.14. The van der Waals surface area contributed by atoms with Gasteiger partial charge in [-0.2, -0.15) is 0 Å². The van der Waals surface area contributed by atoms with Gasteiger partial charge in [-0.15, -0.1) is 0 Å². The Morgan fingerprint density at radius 3 is 2.82 bits per heavy atom. The standard InChI is InChI=1S/C11H16ClN3O2/c1-11(2,3)15-10(16)17-7-5-8-4-6-13-9(12)14-8/h4,6H,5,7H2,1-3H3,(H,15,16). The van der Waals surface area contributed by atoms with Gasteiger partial charge in [0, 0.05) is 23.9 Å². The minimum Gasteiger partial charge on any atom is -0.449 e. The van der Waals surface area contributed by atoms with Gasteiger partial charge < -0.3 is 10.1 Å². The van der Waals surface area contributed by atoms with Crippen LogP contribution < -0.4 is 5.32 Å². The van der Waals surface area contributed by atoms with Crippen molar-refractivity contribution in [1.82, 2.24) is 15.3 Å². The highest BCUT2D eigenvalue weighted by Gasteiger charge is 2.14. The molecule has 0 bridgehead atoms. The summed E-state index contributed by atoms with van der Waals surface area (Å²) in [6, 6.07) is 1.73. The molecule has 1 rings (SSSR count). The van der Waals surface area contributed by atoms with E-state index in [0.717, 1.165) is 5.69 Å². The first-order chi connectivity index (χ1) is 7.87. The highest BCUT2D eigenvalue weighted by Crippen LogP contribution is 2.03. The molecule has 0 aliphatic rings. The third-order valence-electron chi connectivity index (χ3n) is 1.75. The Hall–Kier alpha value is -1.36. The summed E-state index contributed by atoms with van der Waals surface area (Å²) < 4.78 is 5.01. The molecule has 6 heteroatoms. The highest BCUT2D eigenvalue weighted by atomic mass is 35.5. The van der Waals surface area contributed by atoms with Crippen molar-refractivity contribution < 1.29 is 9.53 Å². The molecule has 0 aliphatic heterocycles. The van der Waals surface area contributed by atoms with E-state index in [1.165, 1.54) is 0 Å². The fourth-order valence-corrected chi connectivity index (χ4v) is 1.26. The summed E-state index contributed by atoms with van der Waals surface area (Å²) in [5.41, 5.74) is 0.448. The van der Waals surface area contributed by atoms with Crippen LogP contribution in [0.2, 0.25) is 5.28 Å². The molecule has 0 unspecified atom stereocenters. The number of hydrogen-bond donors (Lipinski definition) is 1. The van der Waals surface area contributed by atoms with Gasteiger partial charge in [-0.3, -0.25) is 0 Å². The van der Waals surface area contributed by atoms with Crippen LogP contribution in [0.1, 0.15) is 26.5 Å². The Morgan fingerprint density at radius 2 is 2.24 bits per heavy atom. The molecule has 1 amide bonds. The number of carbonyl (C=O) groups excluding carboxylic acids is 1. The summed E-state index contributed by atoms with van der Waals surface area (Å²) in [4.78, 5) is 19.1. The number of alkyl carbamates (subject to hydrolysis) is 1. The van der Waals surface area contributed by atoms with Crippen LogP contribution in [0.15, 0.2) is 12.3 Å². The molecule has 0 fully saturated rings. The van der Waals surface area contributed by atoms with E-state index in [4.69, 9.17) is 16.3 Å². The second kappa shape index (κ2) is 5.82. The zero-order valence-electron chi connectivity index (χ0n) is 10.2. The van der Waals surface area contributed by atoms with Crippen molar-refractivity contribution in [3.8, 4) is 0 Å². The lowest BCUT2D eigenvalue weighted by Gasteiger charge is -2.19. The van der Waals surface area contributed by atoms with E-state index < -0.39 is 6.09 Å². The van der Waals surface area contributed by atoms with Crippen molar-refractivity contribution in [2.24, 2.45) is 0 Å². The lowest BCUT2D eigenvalue weighted by molar-refractivity contribution is 0.138. The second-order valence-electron chi connectivity index (χ2n) is 4.58. The van der Waals surface area contributed by atoms with Gasteiger partial charge in [-0.1, -0.05) is 0 Å². The molecule has 5 nitrogen and oxygen atoms in total. The van der Waals surface area contributed by atoms with Crippen molar-refractivity contribution in [2.45, 2.75) is 32.7 Å². The molecule has 0 saturated carbocycles. The van der Waals surface area contributed by atoms with Gasteiger partial charge in [0.1, 0.15) is 0 Å². The predicted octanol–water partition coefficient (Wildman–Crippen LogP) is 2.20. The number of nitrogens with one attached hydrogen (secondary N) is 1. The van der Waals surface area contributed by atoms with Gasteiger partial charge in [0.15, 0.2) is 0 Å². The van der Waals surface area contributed by atoms with Crippen LogP contribution in [0.4, 0.5) is 4.79 Å². The first-order valence-electron chi connectivity index (χ1n) is 5.29. The van der Waals surface area contributed by atoms with Crippen LogP contribution >= 0.6 is 11.6 Å². The van der Waals surface area contributed by atoms with Crippen molar-refractivity contribution in [3.05, 3.63) is 23.2 Å². The molecule has 0 atom stereocenters. The number of amides is 1. The maximum absolute atomic E-state index is 11.3. The first kappa shape index (κ1) is 13.7. The molecule has 17 heavy (non-hydrogen) atoms. The van der Waals surface area contributed by atoms with Crippen LogP contribution in [-0.4, -0.2) is 28.2 Å². The summed E-state index contributed by atoms with van der Waals surface area (Å²) in [5, 5.41) is 2.89. The summed E-state index contributed by atoms with van der Waals surface area (Å²) in [7, 11) is 0. The summed E-state index contributed by atoms with van der Waals surface area (Å²) in [5.74, 6) is 0. The smallest absolute Gasteiger partial charge is 0.407 e. The van der Waals surface area contributed by atoms with E-state index in [0.29, 0.717) is 6.42 Å². The molecule has 94 valence electrons. The van der Waals surface area contributed by atoms with E-state index in [2.05, 4.69) is 15.3 Å². The number of halogens is 1. The van der Waals surface area contributed by atoms with Gasteiger partial charge in [-0.25, -0.2) is 14.8 Å². The van der Waals surface area contributed by atoms with E-state index in [9.17, 15) is 4.79 Å². The van der Waals surface area contributed by atoms with Crippen molar-refractivity contribution in [3.63, 3.8) is 0 Å². The SMILES string of the molecule is CC(C)(C)NC(=O)OCCc1ccnc(Cl)n1. The van der Waals surface area contributed by atoms with E-state index in [-0.39, 0.29) is 17.4 Å². The van der Waals surface area contributed by atoms with Crippen molar-refractivity contribution in [2.75, 3.05) is 6.61 Å².